The normalized spacial score (nSPS) is 20.7. The number of nitrogens with zero attached hydrogens (tertiary/aromatic N) is 7. The van der Waals surface area contributed by atoms with E-state index in [4.69, 9.17) is 2.74 Å². The molecule has 1 N–H and O–H groups in total. The Hall–Kier alpha value is -4.02. The first-order chi connectivity index (χ1) is 18.8. The van der Waals surface area contributed by atoms with Gasteiger partial charge in [0, 0.05) is 37.6 Å². The zero-order chi connectivity index (χ0) is 28.6. The second kappa shape index (κ2) is 8.50. The van der Waals surface area contributed by atoms with Gasteiger partial charge in [0.05, 0.1) is 43.7 Å². The van der Waals surface area contributed by atoms with E-state index in [9.17, 15) is 17.6 Å². The van der Waals surface area contributed by atoms with Gasteiger partial charge in [-0.05, 0) is 38.0 Å². The van der Waals surface area contributed by atoms with Crippen molar-refractivity contribution in [2.24, 2.45) is 19.1 Å². The second-order valence-electron chi connectivity index (χ2n) is 9.80. The van der Waals surface area contributed by atoms with Crippen molar-refractivity contribution in [3.63, 3.8) is 0 Å². The van der Waals surface area contributed by atoms with Crippen LogP contribution in [0.1, 0.15) is 44.0 Å². The summed E-state index contributed by atoms with van der Waals surface area (Å²) < 4.78 is 63.7. The molecule has 3 aromatic rings. The Morgan fingerprint density at radius 2 is 2.05 bits per heavy atom. The van der Waals surface area contributed by atoms with Gasteiger partial charge in [-0.25, -0.2) is 18.1 Å². The number of aromatic nitrogens is 4. The summed E-state index contributed by atoms with van der Waals surface area (Å²) >= 11 is 0. The van der Waals surface area contributed by atoms with Crippen molar-refractivity contribution in [3.05, 3.63) is 59.4 Å². The molecule has 1 aliphatic carbocycles. The Labute approximate surface area is 221 Å². The van der Waals surface area contributed by atoms with Crippen LogP contribution < -0.4 is 9.62 Å². The summed E-state index contributed by atoms with van der Waals surface area (Å²) in [6.07, 6.45) is 5.62. The van der Waals surface area contributed by atoms with Crippen LogP contribution in [-0.4, -0.2) is 62.9 Å². The lowest BCUT2D eigenvalue weighted by Gasteiger charge is -2.37. The van der Waals surface area contributed by atoms with Gasteiger partial charge in [0.2, 0.25) is 21.9 Å². The van der Waals surface area contributed by atoms with E-state index in [1.54, 1.807) is 25.9 Å². The first-order valence-corrected chi connectivity index (χ1v) is 13.3. The molecule has 3 aliphatic rings. The molecule has 1 fully saturated rings. The average molecular weight is 539 g/mol. The molecule has 1 aromatic carbocycles. The number of carbonyl (C=O) groups is 1. The Kier molecular flexibility index (Phi) is 4.92. The topological polar surface area (TPSA) is 118 Å². The molecule has 2 aromatic heterocycles. The molecule has 0 radical (unpaired) electrons. The molecule has 1 saturated carbocycles. The number of hydrogen-bond donors (Lipinski definition) is 1. The standard InChI is InChI=1S/C25H25FN8O3S/c1-25(8-9-25)30-38(36,37)19-6-7-21-20(10-19)23(35)33(14-16-11-28-31(2)13-16)24-27-12-18(34(21)24)5-4-17-15-32(3)29-22(17)26/h6-7,10-11,13,15,18,30H,8-9,12,14H2,1-3H3/t18-/m0/s1/i14D2. The number of nitrogens with one attached hydrogen (secondary N) is 1. The number of amides is 1. The maximum absolute atomic E-state index is 14.1. The monoisotopic (exact) mass is 538 g/mol. The van der Waals surface area contributed by atoms with Crippen LogP contribution in [0.5, 0.6) is 0 Å². The van der Waals surface area contributed by atoms with Gasteiger partial charge in [-0.15, -0.1) is 5.10 Å². The molecule has 0 spiro atoms. The molecular weight excluding hydrogens is 511 g/mol. The minimum atomic E-state index is -3.95. The van der Waals surface area contributed by atoms with Crippen molar-refractivity contribution in [2.75, 3.05) is 11.4 Å². The van der Waals surface area contributed by atoms with E-state index in [0.717, 1.165) is 4.90 Å². The number of halogens is 1. The zero-order valence-electron chi connectivity index (χ0n) is 22.8. The quantitative estimate of drug-likeness (QED) is 0.491. The van der Waals surface area contributed by atoms with Gasteiger partial charge >= 0.3 is 0 Å². The lowest BCUT2D eigenvalue weighted by molar-refractivity contribution is 0.0833. The predicted molar refractivity (Wildman–Crippen MR) is 136 cm³/mol. The smallest absolute Gasteiger partial charge is 0.263 e. The lowest BCUT2D eigenvalue weighted by Crippen LogP contribution is -2.52. The molecule has 0 unspecified atom stereocenters. The zero-order valence-corrected chi connectivity index (χ0v) is 21.6. The summed E-state index contributed by atoms with van der Waals surface area (Å²) in [7, 11) is -0.760. The van der Waals surface area contributed by atoms with E-state index in [-0.39, 0.29) is 34.1 Å². The molecule has 4 heterocycles. The molecule has 13 heteroatoms. The van der Waals surface area contributed by atoms with Gasteiger partial charge in [0.1, 0.15) is 6.04 Å². The van der Waals surface area contributed by atoms with Crippen molar-refractivity contribution < 1.29 is 20.3 Å². The van der Waals surface area contributed by atoms with Gasteiger partial charge < -0.3 is 0 Å². The molecular formula is C25H25FN8O3S. The number of hydrogen-bond acceptors (Lipinski definition) is 7. The molecule has 1 atom stereocenters. The first-order valence-electron chi connectivity index (χ1n) is 12.9. The van der Waals surface area contributed by atoms with E-state index in [2.05, 4.69) is 31.8 Å². The molecule has 0 bridgehead atoms. The number of sulfonamides is 1. The molecule has 196 valence electrons. The molecule has 2 aliphatic heterocycles. The van der Waals surface area contributed by atoms with Crippen molar-refractivity contribution in [1.82, 2.24) is 29.2 Å². The Morgan fingerprint density at radius 1 is 1.26 bits per heavy atom. The summed E-state index contributed by atoms with van der Waals surface area (Å²) in [6.45, 7) is -0.525. The van der Waals surface area contributed by atoms with E-state index >= 15 is 0 Å². The van der Waals surface area contributed by atoms with E-state index in [1.165, 1.54) is 46.2 Å². The highest BCUT2D eigenvalue weighted by Crippen LogP contribution is 2.38. The third kappa shape index (κ3) is 4.25. The average Bonchev–Trinajstić information content (AvgIpc) is 3.20. The van der Waals surface area contributed by atoms with Crippen molar-refractivity contribution >= 4 is 27.6 Å². The third-order valence-electron chi connectivity index (χ3n) is 6.59. The summed E-state index contributed by atoms with van der Waals surface area (Å²) in [4.78, 5) is 20.8. The van der Waals surface area contributed by atoms with Crippen LogP contribution in [0.3, 0.4) is 0 Å². The van der Waals surface area contributed by atoms with E-state index in [0.29, 0.717) is 18.5 Å². The van der Waals surface area contributed by atoms with Crippen molar-refractivity contribution in [2.45, 2.75) is 42.7 Å². The van der Waals surface area contributed by atoms with Gasteiger partial charge in [-0.3, -0.25) is 24.0 Å². The lowest BCUT2D eigenvalue weighted by atomic mass is 10.1. The fraction of sp³-hybridized carbons (Fsp3) is 0.360. The second-order valence-corrected chi connectivity index (χ2v) is 11.5. The number of benzene rings is 1. The third-order valence-corrected chi connectivity index (χ3v) is 8.22. The minimum Gasteiger partial charge on any atom is -0.295 e. The van der Waals surface area contributed by atoms with Crippen molar-refractivity contribution in [3.8, 4) is 11.8 Å². The maximum atomic E-state index is 14.1. The molecule has 6 rings (SSSR count). The summed E-state index contributed by atoms with van der Waals surface area (Å²) in [5.41, 5.74) is -0.0557. The van der Waals surface area contributed by atoms with Crippen LogP contribution >= 0.6 is 0 Å². The fourth-order valence-electron chi connectivity index (χ4n) is 4.39. The van der Waals surface area contributed by atoms with E-state index < -0.39 is 40.0 Å². The number of guanidine groups is 1. The SMILES string of the molecule is [2H]C([2H])(c1cnn(C)c1)N1C(=O)c2cc(S(=O)(=O)NC3(C)CC3)ccc2N2C1=NC[C@@H]2C#Cc1cn(C)nc1F. The summed E-state index contributed by atoms with van der Waals surface area (Å²) in [5, 5.41) is 7.70. The number of fused-ring (bicyclic) bond motifs is 3. The molecule has 0 saturated heterocycles. The first kappa shape index (κ1) is 22.0. The van der Waals surface area contributed by atoms with Gasteiger partial charge in [0.15, 0.2) is 0 Å². The van der Waals surface area contributed by atoms with Gasteiger partial charge in [-0.2, -0.15) is 9.49 Å². The van der Waals surface area contributed by atoms with Gasteiger partial charge in [0.25, 0.3) is 5.91 Å². The highest BCUT2D eigenvalue weighted by molar-refractivity contribution is 7.89. The molecule has 38 heavy (non-hydrogen) atoms. The predicted octanol–water partition coefficient (Wildman–Crippen LogP) is 1.38. The van der Waals surface area contributed by atoms with Crippen LogP contribution in [0.25, 0.3) is 0 Å². The fourth-order valence-corrected chi connectivity index (χ4v) is 5.88. The highest BCUT2D eigenvalue weighted by atomic mass is 32.2. The Balaban J connectivity index is 1.47. The van der Waals surface area contributed by atoms with Crippen LogP contribution in [0.4, 0.5) is 10.1 Å². The van der Waals surface area contributed by atoms with Gasteiger partial charge in [-0.1, -0.05) is 11.8 Å². The number of aryl methyl sites for hydroxylation is 2. The summed E-state index contributed by atoms with van der Waals surface area (Å²) in [5.74, 6) is 4.25. The van der Waals surface area contributed by atoms with Crippen LogP contribution in [0.15, 0.2) is 46.7 Å². The Morgan fingerprint density at radius 3 is 2.71 bits per heavy atom. The number of carbonyl (C=O) groups excluding carboxylic acids is 1. The number of rotatable bonds is 5. The number of aliphatic imine (C=N–C) groups is 1. The number of anilines is 1. The maximum Gasteiger partial charge on any atom is 0.263 e. The minimum absolute atomic E-state index is 0.0107. The largest absolute Gasteiger partial charge is 0.295 e. The molecule has 1 amide bonds. The van der Waals surface area contributed by atoms with E-state index in [1.807, 2.05) is 0 Å². The Bertz CT molecular complexity index is 1770. The van der Waals surface area contributed by atoms with Crippen LogP contribution in [0, 0.1) is 17.8 Å². The van der Waals surface area contributed by atoms with Crippen molar-refractivity contribution in [1.29, 1.82) is 0 Å². The summed E-state index contributed by atoms with van der Waals surface area (Å²) in [6, 6.07) is 3.44. The van der Waals surface area contributed by atoms with Crippen LogP contribution in [0.2, 0.25) is 0 Å². The highest BCUT2D eigenvalue weighted by Gasteiger charge is 2.44. The van der Waals surface area contributed by atoms with Crippen LogP contribution in [-0.2, 0) is 30.6 Å². The molecule has 11 nitrogen and oxygen atoms in total.